The lowest BCUT2D eigenvalue weighted by Gasteiger charge is -2.28. The van der Waals surface area contributed by atoms with Gasteiger partial charge >= 0.3 is 12.4 Å². The average Bonchev–Trinajstić information content (AvgIpc) is 2.54. The van der Waals surface area contributed by atoms with E-state index < -0.39 is 12.4 Å². The lowest BCUT2D eigenvalue weighted by atomic mass is 9.97. The van der Waals surface area contributed by atoms with Crippen molar-refractivity contribution >= 4 is 17.6 Å². The van der Waals surface area contributed by atoms with Crippen LogP contribution in [0.3, 0.4) is 0 Å². The summed E-state index contributed by atoms with van der Waals surface area (Å²) in [6.45, 7) is 1.60. The molecule has 0 spiro atoms. The van der Waals surface area contributed by atoms with Crippen molar-refractivity contribution in [3.05, 3.63) is 46.8 Å². The number of halogens is 2. The van der Waals surface area contributed by atoms with Gasteiger partial charge in [0.25, 0.3) is 0 Å². The molecule has 6 heteroatoms. The first-order valence-electron chi connectivity index (χ1n) is 7.63. The number of aryl methyl sites for hydroxylation is 1. The molecule has 0 radical (unpaired) electrons. The zero-order valence-corrected chi connectivity index (χ0v) is 13.7. The fraction of sp³-hybridized carbons (Fsp3) is 0.471. The molecule has 1 aliphatic rings. The largest absolute Gasteiger partial charge is 0.407 e. The van der Waals surface area contributed by atoms with Crippen LogP contribution in [0.1, 0.15) is 36.8 Å². The normalized spacial score (nSPS) is 21.5. The van der Waals surface area contributed by atoms with Crippen molar-refractivity contribution in [2.45, 2.75) is 38.6 Å². The van der Waals surface area contributed by atoms with Gasteiger partial charge in [0.1, 0.15) is 5.82 Å². The van der Waals surface area contributed by atoms with Crippen molar-refractivity contribution in [2.75, 3.05) is 13.2 Å². The van der Waals surface area contributed by atoms with Crippen LogP contribution in [0.15, 0.2) is 29.8 Å². The van der Waals surface area contributed by atoms with Crippen LogP contribution >= 0.6 is 11.6 Å². The Morgan fingerprint density at radius 2 is 2.17 bits per heavy atom. The Kier molecular flexibility index (Phi) is 7.02. The molecule has 0 atom stereocenters. The highest BCUT2D eigenvalue weighted by atomic mass is 35.5. The standard InChI is InChI=1S/C17H20ClFO4/c1-2-3-4-12-5-6-13(9-15(12)19)14-10-21-17(22-11-14)23-16(20)7-8-18/h5-9,14,17H,2-4,10-11H2,1H3. The van der Waals surface area contributed by atoms with Crippen LogP contribution in [-0.4, -0.2) is 25.7 Å². The SMILES string of the molecule is CCCCc1ccc(C2COC(OC(=O)C=CCl)OC2)cc1F. The fourth-order valence-corrected chi connectivity index (χ4v) is 2.42. The van der Waals surface area contributed by atoms with Crippen molar-refractivity contribution in [2.24, 2.45) is 0 Å². The highest BCUT2D eigenvalue weighted by Gasteiger charge is 2.26. The van der Waals surface area contributed by atoms with E-state index in [2.05, 4.69) is 6.92 Å². The van der Waals surface area contributed by atoms with Gasteiger partial charge in [-0.2, -0.15) is 0 Å². The van der Waals surface area contributed by atoms with Crippen LogP contribution in [0.2, 0.25) is 0 Å². The van der Waals surface area contributed by atoms with Crippen molar-refractivity contribution < 1.29 is 23.4 Å². The van der Waals surface area contributed by atoms with Gasteiger partial charge in [-0.1, -0.05) is 37.1 Å². The van der Waals surface area contributed by atoms with Gasteiger partial charge in [-0.15, -0.1) is 0 Å². The summed E-state index contributed by atoms with van der Waals surface area (Å²) in [7, 11) is 0. The van der Waals surface area contributed by atoms with Crippen molar-refractivity contribution in [3.8, 4) is 0 Å². The van der Waals surface area contributed by atoms with Gasteiger partial charge in [0.05, 0.1) is 13.2 Å². The maximum Gasteiger partial charge on any atom is 0.335 e. The molecule has 1 aromatic rings. The third-order valence-corrected chi connectivity index (χ3v) is 3.75. The summed E-state index contributed by atoms with van der Waals surface area (Å²) in [4.78, 5) is 11.2. The van der Waals surface area contributed by atoms with Crippen LogP contribution < -0.4 is 0 Å². The van der Waals surface area contributed by atoms with E-state index in [-0.39, 0.29) is 24.9 Å². The lowest BCUT2D eigenvalue weighted by molar-refractivity contribution is -0.299. The van der Waals surface area contributed by atoms with E-state index >= 15 is 0 Å². The number of carbonyl (C=O) groups excluding carboxylic acids is 1. The number of unbranched alkanes of at least 4 members (excludes halogenated alkanes) is 1. The predicted octanol–water partition coefficient (Wildman–Crippen LogP) is 3.88. The van der Waals surface area contributed by atoms with Gasteiger partial charge in [-0.3, -0.25) is 0 Å². The quantitative estimate of drug-likeness (QED) is 0.581. The van der Waals surface area contributed by atoms with Crippen LogP contribution in [0, 0.1) is 5.82 Å². The van der Waals surface area contributed by atoms with E-state index in [1.165, 1.54) is 6.07 Å². The van der Waals surface area contributed by atoms with Gasteiger partial charge in [-0.05, 0) is 30.0 Å². The zero-order valence-electron chi connectivity index (χ0n) is 13.0. The van der Waals surface area contributed by atoms with Gasteiger partial charge in [0, 0.05) is 17.5 Å². The first-order valence-corrected chi connectivity index (χ1v) is 8.06. The summed E-state index contributed by atoms with van der Waals surface area (Å²) in [6, 6.07) is 5.25. The molecule has 0 aromatic heterocycles. The monoisotopic (exact) mass is 342 g/mol. The fourth-order valence-electron chi connectivity index (χ4n) is 2.32. The Labute approximate surface area is 140 Å². The second kappa shape index (κ2) is 9.01. The maximum absolute atomic E-state index is 14.1. The molecule has 126 valence electrons. The molecule has 1 saturated heterocycles. The molecule has 2 rings (SSSR count). The number of ether oxygens (including phenoxy) is 3. The second-order valence-electron chi connectivity index (χ2n) is 5.34. The van der Waals surface area contributed by atoms with Crippen LogP contribution in [0.5, 0.6) is 0 Å². The van der Waals surface area contributed by atoms with Crippen LogP contribution in [0.25, 0.3) is 0 Å². The van der Waals surface area contributed by atoms with Gasteiger partial charge in [0.15, 0.2) is 0 Å². The number of carbonyl (C=O) groups is 1. The molecule has 1 aromatic carbocycles. The van der Waals surface area contributed by atoms with E-state index in [1.807, 2.05) is 12.1 Å². The van der Waals surface area contributed by atoms with Crippen LogP contribution in [-0.2, 0) is 25.4 Å². The zero-order chi connectivity index (χ0) is 16.7. The third kappa shape index (κ3) is 5.30. The minimum atomic E-state index is -1.06. The van der Waals surface area contributed by atoms with Gasteiger partial charge < -0.3 is 14.2 Å². The highest BCUT2D eigenvalue weighted by Crippen LogP contribution is 2.25. The summed E-state index contributed by atoms with van der Waals surface area (Å²) >= 11 is 5.28. The molecule has 23 heavy (non-hydrogen) atoms. The third-order valence-electron chi connectivity index (χ3n) is 3.63. The van der Waals surface area contributed by atoms with E-state index in [0.717, 1.165) is 42.0 Å². The van der Waals surface area contributed by atoms with E-state index in [4.69, 9.17) is 25.8 Å². The molecule has 0 unspecified atom stereocenters. The molecule has 0 N–H and O–H groups in total. The maximum atomic E-state index is 14.1. The number of rotatable bonds is 6. The van der Waals surface area contributed by atoms with Gasteiger partial charge in [0.2, 0.25) is 0 Å². The molecule has 1 fully saturated rings. The number of benzene rings is 1. The van der Waals surface area contributed by atoms with E-state index in [9.17, 15) is 9.18 Å². The highest BCUT2D eigenvalue weighted by molar-refractivity contribution is 6.26. The number of hydrogen-bond acceptors (Lipinski definition) is 4. The minimum Gasteiger partial charge on any atom is -0.407 e. The topological polar surface area (TPSA) is 44.8 Å². The van der Waals surface area contributed by atoms with Crippen molar-refractivity contribution in [3.63, 3.8) is 0 Å². The first-order chi connectivity index (χ1) is 11.1. The molecular weight excluding hydrogens is 323 g/mol. The summed E-state index contributed by atoms with van der Waals surface area (Å²) < 4.78 is 29.6. The summed E-state index contributed by atoms with van der Waals surface area (Å²) in [6.07, 6.45) is 3.80. The van der Waals surface area contributed by atoms with E-state index in [1.54, 1.807) is 0 Å². The summed E-state index contributed by atoms with van der Waals surface area (Å²) in [5.41, 5.74) is 2.60. The number of esters is 1. The molecular formula is C17H20ClFO4. The molecule has 0 aliphatic carbocycles. The summed E-state index contributed by atoms with van der Waals surface area (Å²) in [5, 5.41) is 0. The molecule has 0 saturated carbocycles. The van der Waals surface area contributed by atoms with Crippen molar-refractivity contribution in [1.29, 1.82) is 0 Å². The first kappa shape index (κ1) is 17.9. The van der Waals surface area contributed by atoms with E-state index in [0.29, 0.717) is 0 Å². The minimum absolute atomic E-state index is 0.0942. The molecule has 0 amide bonds. The summed E-state index contributed by atoms with van der Waals surface area (Å²) in [5.74, 6) is -0.935. The Morgan fingerprint density at radius 3 is 2.78 bits per heavy atom. The predicted molar refractivity (Wildman–Crippen MR) is 84.5 cm³/mol. The Bertz CT molecular complexity index is 554. The van der Waals surface area contributed by atoms with Gasteiger partial charge in [-0.25, -0.2) is 9.18 Å². The molecule has 1 aliphatic heterocycles. The second-order valence-corrected chi connectivity index (χ2v) is 5.59. The average molecular weight is 343 g/mol. The molecule has 0 bridgehead atoms. The lowest BCUT2D eigenvalue weighted by Crippen LogP contribution is -2.34. The van der Waals surface area contributed by atoms with Crippen molar-refractivity contribution in [1.82, 2.24) is 0 Å². The number of hydrogen-bond donors (Lipinski definition) is 0. The van der Waals surface area contributed by atoms with Crippen LogP contribution in [0.4, 0.5) is 4.39 Å². The Morgan fingerprint density at radius 1 is 1.43 bits per heavy atom. The Balaban J connectivity index is 1.90. The molecule has 1 heterocycles. The smallest absolute Gasteiger partial charge is 0.335 e. The molecule has 4 nitrogen and oxygen atoms in total. The Hall–Kier alpha value is -1.43.